The minimum atomic E-state index is -4.40. The molecule has 0 N–H and O–H groups in total. The molecule has 2 heterocycles. The Hall–Kier alpha value is -3.41. The summed E-state index contributed by atoms with van der Waals surface area (Å²) in [6.07, 6.45) is -4.29. The van der Waals surface area contributed by atoms with Crippen molar-refractivity contribution in [1.29, 1.82) is 0 Å². The first-order valence-electron chi connectivity index (χ1n) is 10.7. The number of nitrogens with zero attached hydrogens (tertiary/aromatic N) is 3. The lowest BCUT2D eigenvalue weighted by molar-refractivity contribution is -0.208. The number of hydrogen-bond donors (Lipinski definition) is 0. The van der Waals surface area contributed by atoms with Gasteiger partial charge in [0, 0.05) is 11.1 Å². The van der Waals surface area contributed by atoms with Crippen LogP contribution in [0.25, 0.3) is 22.5 Å². The van der Waals surface area contributed by atoms with Crippen LogP contribution >= 0.6 is 0 Å². The van der Waals surface area contributed by atoms with Crippen LogP contribution in [-0.2, 0) is 5.54 Å². The van der Waals surface area contributed by atoms with Crippen LogP contribution < -0.4 is 0 Å². The van der Waals surface area contributed by atoms with E-state index in [0.29, 0.717) is 22.5 Å². The van der Waals surface area contributed by atoms with Crippen LogP contribution in [0, 0.1) is 12.3 Å². The quantitative estimate of drug-likeness (QED) is 0.377. The Morgan fingerprint density at radius 3 is 2.16 bits per heavy atom. The summed E-state index contributed by atoms with van der Waals surface area (Å²) in [7, 11) is 0. The number of rotatable bonds is 3. The van der Waals surface area contributed by atoms with E-state index in [1.54, 1.807) is 28.9 Å². The van der Waals surface area contributed by atoms with Gasteiger partial charge in [-0.2, -0.15) is 13.2 Å². The van der Waals surface area contributed by atoms with Crippen LogP contribution in [0.4, 0.5) is 13.2 Å². The fraction of sp³-hybridized carbons (Fsp3) is 0.231. The third-order valence-corrected chi connectivity index (χ3v) is 7.06. The Morgan fingerprint density at radius 2 is 1.50 bits per heavy atom. The number of fused-ring (bicyclic) bond motifs is 3. The van der Waals surface area contributed by atoms with Gasteiger partial charge in [-0.05, 0) is 30.9 Å². The van der Waals surface area contributed by atoms with Gasteiger partial charge in [0.1, 0.15) is 11.2 Å². The third-order valence-electron chi connectivity index (χ3n) is 7.06. The molecule has 0 saturated heterocycles. The molecule has 6 heteroatoms. The maximum Gasteiger partial charge on any atom is 0.397 e. The zero-order valence-corrected chi connectivity index (χ0v) is 17.4. The summed E-state index contributed by atoms with van der Waals surface area (Å²) in [5, 5.41) is 8.85. The largest absolute Gasteiger partial charge is 0.397 e. The molecule has 32 heavy (non-hydrogen) atoms. The Bertz CT molecular complexity index is 1320. The molecular formula is C26H20F3N3. The van der Waals surface area contributed by atoms with Crippen molar-refractivity contribution in [2.75, 3.05) is 0 Å². The second-order valence-electron chi connectivity index (χ2n) is 8.77. The Morgan fingerprint density at radius 1 is 0.844 bits per heavy atom. The molecule has 0 bridgehead atoms. The normalized spacial score (nSPS) is 20.6. The molecule has 1 fully saturated rings. The number of benzene rings is 3. The van der Waals surface area contributed by atoms with Gasteiger partial charge in [0.25, 0.3) is 0 Å². The van der Waals surface area contributed by atoms with Gasteiger partial charge in [-0.3, -0.25) is 0 Å². The molecule has 6 rings (SSSR count). The monoisotopic (exact) mass is 431 g/mol. The van der Waals surface area contributed by atoms with Crippen molar-refractivity contribution < 1.29 is 13.2 Å². The number of alkyl halides is 3. The van der Waals surface area contributed by atoms with Gasteiger partial charge in [0.15, 0.2) is 0 Å². The Kier molecular flexibility index (Phi) is 3.80. The van der Waals surface area contributed by atoms with Crippen molar-refractivity contribution in [3.63, 3.8) is 0 Å². The molecule has 1 aliphatic carbocycles. The maximum absolute atomic E-state index is 14.8. The molecule has 160 valence electrons. The highest BCUT2D eigenvalue weighted by Crippen LogP contribution is 2.72. The number of aromatic nitrogens is 3. The SMILES string of the molecule is Cc1ccc(-c2nnn3c2-c2ccccc2C3(c2ccccc2)C2(C(F)(F)F)CC2)cc1. The van der Waals surface area contributed by atoms with E-state index in [0.717, 1.165) is 16.7 Å². The van der Waals surface area contributed by atoms with Gasteiger partial charge < -0.3 is 0 Å². The first kappa shape index (κ1) is 19.3. The van der Waals surface area contributed by atoms with Gasteiger partial charge in [-0.15, -0.1) is 5.10 Å². The van der Waals surface area contributed by atoms with Crippen LogP contribution in [0.5, 0.6) is 0 Å². The first-order valence-corrected chi connectivity index (χ1v) is 10.7. The molecule has 0 radical (unpaired) electrons. The molecule has 3 nitrogen and oxygen atoms in total. The maximum atomic E-state index is 14.8. The summed E-state index contributed by atoms with van der Waals surface area (Å²) in [4.78, 5) is 0. The summed E-state index contributed by atoms with van der Waals surface area (Å²) in [6.45, 7) is 2.00. The van der Waals surface area contributed by atoms with Crippen molar-refractivity contribution in [2.24, 2.45) is 5.41 Å². The van der Waals surface area contributed by atoms with Gasteiger partial charge in [-0.1, -0.05) is 89.6 Å². The zero-order chi connectivity index (χ0) is 22.1. The topological polar surface area (TPSA) is 30.7 Å². The molecule has 4 aromatic rings. The van der Waals surface area contributed by atoms with Crippen molar-refractivity contribution in [3.8, 4) is 22.5 Å². The van der Waals surface area contributed by atoms with E-state index in [2.05, 4.69) is 10.3 Å². The van der Waals surface area contributed by atoms with E-state index in [-0.39, 0.29) is 12.8 Å². The highest BCUT2D eigenvalue weighted by Gasteiger charge is 2.77. The minimum Gasteiger partial charge on any atom is -0.228 e. The highest BCUT2D eigenvalue weighted by atomic mass is 19.4. The molecule has 3 aromatic carbocycles. The van der Waals surface area contributed by atoms with Crippen LogP contribution in [0.1, 0.15) is 29.5 Å². The standard InChI is InChI=1S/C26H20F3N3/c1-17-11-13-18(14-12-17)22-23-20-9-5-6-10-21(20)25(32(23)31-30-22,19-7-3-2-4-8-19)24(15-16-24)26(27,28)29/h2-14H,15-16H2,1H3. The summed E-state index contributed by atoms with van der Waals surface area (Å²) >= 11 is 0. The van der Waals surface area contributed by atoms with Gasteiger partial charge in [-0.25, -0.2) is 4.68 Å². The lowest BCUT2D eigenvalue weighted by atomic mass is 9.70. The average molecular weight is 431 g/mol. The van der Waals surface area contributed by atoms with Gasteiger partial charge in [0.05, 0.1) is 11.1 Å². The molecule has 1 aromatic heterocycles. The number of halogens is 3. The molecular weight excluding hydrogens is 411 g/mol. The second kappa shape index (κ2) is 6.31. The predicted octanol–water partition coefficient (Wildman–Crippen LogP) is 6.37. The van der Waals surface area contributed by atoms with Crippen LogP contribution in [0.3, 0.4) is 0 Å². The van der Waals surface area contributed by atoms with Gasteiger partial charge in [0.2, 0.25) is 0 Å². The Labute approximate surface area is 183 Å². The first-order chi connectivity index (χ1) is 15.4. The van der Waals surface area contributed by atoms with Crippen LogP contribution in [0.15, 0.2) is 78.9 Å². The fourth-order valence-corrected chi connectivity index (χ4v) is 5.45. The van der Waals surface area contributed by atoms with E-state index in [4.69, 9.17) is 0 Å². The predicted molar refractivity (Wildman–Crippen MR) is 116 cm³/mol. The zero-order valence-electron chi connectivity index (χ0n) is 17.4. The molecule has 1 aliphatic heterocycles. The smallest absolute Gasteiger partial charge is 0.228 e. The van der Waals surface area contributed by atoms with Crippen molar-refractivity contribution in [2.45, 2.75) is 31.5 Å². The van der Waals surface area contributed by atoms with E-state index in [1.807, 2.05) is 61.5 Å². The minimum absolute atomic E-state index is 0.0545. The number of hydrogen-bond acceptors (Lipinski definition) is 2. The summed E-state index contributed by atoms with van der Waals surface area (Å²) in [5.74, 6) is 0. The van der Waals surface area contributed by atoms with E-state index >= 15 is 0 Å². The van der Waals surface area contributed by atoms with E-state index in [1.165, 1.54) is 0 Å². The van der Waals surface area contributed by atoms with Crippen molar-refractivity contribution in [1.82, 2.24) is 15.0 Å². The number of aryl methyl sites for hydroxylation is 1. The summed E-state index contributed by atoms with van der Waals surface area (Å²) in [5.41, 5.74) is 1.75. The second-order valence-corrected chi connectivity index (χ2v) is 8.77. The lowest BCUT2D eigenvalue weighted by Gasteiger charge is -2.41. The molecule has 0 spiro atoms. The molecule has 0 amide bonds. The molecule has 1 atom stereocenters. The van der Waals surface area contributed by atoms with Crippen molar-refractivity contribution >= 4 is 0 Å². The van der Waals surface area contributed by atoms with Gasteiger partial charge >= 0.3 is 6.18 Å². The lowest BCUT2D eigenvalue weighted by Crippen LogP contribution is -2.50. The molecule has 1 unspecified atom stereocenters. The van der Waals surface area contributed by atoms with Crippen LogP contribution in [0.2, 0.25) is 0 Å². The molecule has 1 saturated carbocycles. The third kappa shape index (κ3) is 2.27. The highest BCUT2D eigenvalue weighted by molar-refractivity contribution is 5.85. The summed E-state index contributed by atoms with van der Waals surface area (Å²) in [6, 6.07) is 24.2. The van der Waals surface area contributed by atoms with E-state index in [9.17, 15) is 13.2 Å². The van der Waals surface area contributed by atoms with Crippen LogP contribution in [-0.4, -0.2) is 21.2 Å². The Balaban J connectivity index is 1.73. The molecule has 2 aliphatic rings. The average Bonchev–Trinajstić information content (AvgIpc) is 3.42. The fourth-order valence-electron chi connectivity index (χ4n) is 5.45. The van der Waals surface area contributed by atoms with E-state index < -0.39 is 17.1 Å². The van der Waals surface area contributed by atoms with Crippen molar-refractivity contribution in [3.05, 3.63) is 95.6 Å². The summed E-state index contributed by atoms with van der Waals surface area (Å²) < 4.78 is 45.9.